The van der Waals surface area contributed by atoms with Gasteiger partial charge in [-0.25, -0.2) is 4.39 Å². The van der Waals surface area contributed by atoms with Crippen LogP contribution in [-0.4, -0.2) is 11.4 Å². The fraction of sp³-hybridized carbons (Fsp3) is 0.500. The number of rotatable bonds is 3. The molecule has 1 amide bonds. The van der Waals surface area contributed by atoms with Crippen LogP contribution in [0.4, 0.5) is 4.39 Å². The summed E-state index contributed by atoms with van der Waals surface area (Å²) in [6.45, 7) is 0.317. The molecule has 1 saturated carbocycles. The summed E-state index contributed by atoms with van der Waals surface area (Å²) in [6.07, 6.45) is 4.57. The highest BCUT2D eigenvalue weighted by atomic mass is 35.5. The van der Waals surface area contributed by atoms with Gasteiger partial charge in [0.25, 0.3) is 0 Å². The first-order chi connectivity index (χ1) is 9.01. The third-order valence-electron chi connectivity index (χ3n) is 3.64. The zero-order chi connectivity index (χ0) is 13.9. The normalized spacial score (nSPS) is 17.1. The van der Waals surface area contributed by atoms with Gasteiger partial charge in [-0.05, 0) is 30.5 Å². The first-order valence-corrected chi connectivity index (χ1v) is 6.90. The summed E-state index contributed by atoms with van der Waals surface area (Å²) in [6, 6.07) is 4.41. The first-order valence-electron chi connectivity index (χ1n) is 6.52. The summed E-state index contributed by atoms with van der Waals surface area (Å²) in [5.41, 5.74) is 6.14. The Hall–Kier alpha value is -0.840. The molecule has 1 aliphatic carbocycles. The van der Waals surface area contributed by atoms with Gasteiger partial charge in [0.05, 0.1) is 10.6 Å². The SMILES string of the molecule is Cl.NC1(C(=O)NCc2ccc(F)c(Cl)c2)CCCCC1. The van der Waals surface area contributed by atoms with Crippen LogP contribution >= 0.6 is 24.0 Å². The molecule has 0 aromatic heterocycles. The van der Waals surface area contributed by atoms with Crippen LogP contribution in [0.3, 0.4) is 0 Å². The van der Waals surface area contributed by atoms with Crippen LogP contribution in [-0.2, 0) is 11.3 Å². The maximum atomic E-state index is 13.0. The molecule has 0 spiro atoms. The Bertz CT molecular complexity index is 476. The highest BCUT2D eigenvalue weighted by molar-refractivity contribution is 6.30. The van der Waals surface area contributed by atoms with Crippen molar-refractivity contribution in [2.75, 3.05) is 0 Å². The monoisotopic (exact) mass is 320 g/mol. The number of hydrogen-bond acceptors (Lipinski definition) is 2. The molecule has 3 nitrogen and oxygen atoms in total. The van der Waals surface area contributed by atoms with Crippen LogP contribution in [0.15, 0.2) is 18.2 Å². The van der Waals surface area contributed by atoms with Crippen molar-refractivity contribution in [1.82, 2.24) is 5.32 Å². The highest BCUT2D eigenvalue weighted by Gasteiger charge is 2.34. The van der Waals surface area contributed by atoms with Gasteiger partial charge in [0.2, 0.25) is 5.91 Å². The van der Waals surface area contributed by atoms with E-state index in [2.05, 4.69) is 5.32 Å². The van der Waals surface area contributed by atoms with Crippen molar-refractivity contribution in [2.45, 2.75) is 44.2 Å². The van der Waals surface area contributed by atoms with Gasteiger partial charge in [-0.3, -0.25) is 4.79 Å². The molecular formula is C14H19Cl2FN2O. The molecule has 0 unspecified atom stereocenters. The van der Waals surface area contributed by atoms with E-state index in [0.29, 0.717) is 6.54 Å². The Labute approximate surface area is 129 Å². The maximum Gasteiger partial charge on any atom is 0.240 e. The minimum absolute atomic E-state index is 0. The summed E-state index contributed by atoms with van der Waals surface area (Å²) in [5, 5.41) is 2.87. The van der Waals surface area contributed by atoms with E-state index >= 15 is 0 Å². The van der Waals surface area contributed by atoms with Crippen molar-refractivity contribution in [1.29, 1.82) is 0 Å². The Balaban J connectivity index is 0.00000200. The summed E-state index contributed by atoms with van der Waals surface area (Å²) >= 11 is 5.69. The van der Waals surface area contributed by atoms with Crippen LogP contribution < -0.4 is 11.1 Å². The molecule has 1 aliphatic rings. The van der Waals surface area contributed by atoms with Gasteiger partial charge >= 0.3 is 0 Å². The summed E-state index contributed by atoms with van der Waals surface area (Å²) in [7, 11) is 0. The van der Waals surface area contributed by atoms with Crippen LogP contribution in [0.2, 0.25) is 5.02 Å². The number of carbonyl (C=O) groups is 1. The number of nitrogens with one attached hydrogen (secondary N) is 1. The molecule has 1 aromatic rings. The largest absolute Gasteiger partial charge is 0.350 e. The summed E-state index contributed by atoms with van der Waals surface area (Å²) in [4.78, 5) is 12.1. The number of amides is 1. The Morgan fingerprint density at radius 2 is 2.00 bits per heavy atom. The second kappa shape index (κ2) is 7.25. The number of halogens is 3. The molecule has 0 heterocycles. The Kier molecular flexibility index (Phi) is 6.24. The van der Waals surface area contributed by atoms with Crippen molar-refractivity contribution in [3.63, 3.8) is 0 Å². The Morgan fingerprint density at radius 3 is 2.60 bits per heavy atom. The van der Waals surface area contributed by atoms with Gasteiger partial charge in [0.1, 0.15) is 5.82 Å². The van der Waals surface area contributed by atoms with Gasteiger partial charge in [-0.15, -0.1) is 12.4 Å². The molecule has 0 saturated heterocycles. The van der Waals surface area contributed by atoms with Gasteiger partial charge in [0.15, 0.2) is 0 Å². The number of nitrogens with two attached hydrogens (primary N) is 1. The molecule has 1 aromatic carbocycles. The lowest BCUT2D eigenvalue weighted by atomic mass is 9.82. The Morgan fingerprint density at radius 1 is 1.35 bits per heavy atom. The molecule has 2 rings (SSSR count). The summed E-state index contributed by atoms with van der Waals surface area (Å²) in [5.74, 6) is -0.591. The topological polar surface area (TPSA) is 55.1 Å². The fourth-order valence-corrected chi connectivity index (χ4v) is 2.62. The van der Waals surface area contributed by atoms with Crippen LogP contribution in [0, 0.1) is 5.82 Å². The number of benzene rings is 1. The smallest absolute Gasteiger partial charge is 0.240 e. The lowest BCUT2D eigenvalue weighted by Crippen LogP contribution is -2.54. The van der Waals surface area contributed by atoms with Crippen LogP contribution in [0.1, 0.15) is 37.7 Å². The molecule has 112 valence electrons. The third-order valence-corrected chi connectivity index (χ3v) is 3.92. The van der Waals surface area contributed by atoms with Gasteiger partial charge in [0, 0.05) is 6.54 Å². The lowest BCUT2D eigenvalue weighted by molar-refractivity contribution is -0.127. The van der Waals surface area contributed by atoms with E-state index in [1.54, 1.807) is 6.07 Å². The predicted octanol–water partition coefficient (Wildman–Crippen LogP) is 3.18. The van der Waals surface area contributed by atoms with Gasteiger partial charge < -0.3 is 11.1 Å². The van der Waals surface area contributed by atoms with Crippen LogP contribution in [0.25, 0.3) is 0 Å². The number of hydrogen-bond donors (Lipinski definition) is 2. The molecule has 6 heteroatoms. The van der Waals surface area contributed by atoms with Crippen LogP contribution in [0.5, 0.6) is 0 Å². The first kappa shape index (κ1) is 17.2. The molecular weight excluding hydrogens is 302 g/mol. The average Bonchev–Trinajstić information content (AvgIpc) is 2.40. The van der Waals surface area contributed by atoms with E-state index in [4.69, 9.17) is 17.3 Å². The fourth-order valence-electron chi connectivity index (χ4n) is 2.42. The molecule has 0 bridgehead atoms. The maximum absolute atomic E-state index is 13.0. The van der Waals surface area contributed by atoms with Crippen molar-refractivity contribution in [3.05, 3.63) is 34.6 Å². The third kappa shape index (κ3) is 4.08. The minimum Gasteiger partial charge on any atom is -0.350 e. The molecule has 0 radical (unpaired) electrons. The molecule has 3 N–H and O–H groups in total. The van der Waals surface area contributed by atoms with Crippen molar-refractivity contribution >= 4 is 29.9 Å². The zero-order valence-corrected chi connectivity index (χ0v) is 12.7. The zero-order valence-electron chi connectivity index (χ0n) is 11.1. The average molecular weight is 321 g/mol. The molecule has 0 aliphatic heterocycles. The standard InChI is InChI=1S/C14H18ClFN2O.ClH/c15-11-8-10(4-5-12(11)16)9-18-13(19)14(17)6-2-1-3-7-14;/h4-5,8H,1-3,6-7,9,17H2,(H,18,19);1H. The van der Waals surface area contributed by atoms with Crippen molar-refractivity contribution in [3.8, 4) is 0 Å². The predicted molar refractivity (Wildman–Crippen MR) is 80.5 cm³/mol. The van der Waals surface area contributed by atoms with E-state index in [1.165, 1.54) is 12.1 Å². The van der Waals surface area contributed by atoms with E-state index in [0.717, 1.165) is 37.7 Å². The molecule has 1 fully saturated rings. The lowest BCUT2D eigenvalue weighted by Gasteiger charge is -2.31. The second-order valence-electron chi connectivity index (χ2n) is 5.15. The molecule has 20 heavy (non-hydrogen) atoms. The van der Waals surface area contributed by atoms with Gasteiger partial charge in [-0.2, -0.15) is 0 Å². The minimum atomic E-state index is -0.748. The van der Waals surface area contributed by atoms with Crippen molar-refractivity contribution < 1.29 is 9.18 Å². The van der Waals surface area contributed by atoms with E-state index in [-0.39, 0.29) is 23.3 Å². The van der Waals surface area contributed by atoms with E-state index < -0.39 is 11.4 Å². The second-order valence-corrected chi connectivity index (χ2v) is 5.56. The summed E-state index contributed by atoms with van der Waals surface area (Å²) < 4.78 is 13.0. The van der Waals surface area contributed by atoms with E-state index in [9.17, 15) is 9.18 Å². The molecule has 0 atom stereocenters. The quantitative estimate of drug-likeness (QED) is 0.898. The highest BCUT2D eigenvalue weighted by Crippen LogP contribution is 2.26. The van der Waals surface area contributed by atoms with E-state index in [1.807, 2.05) is 0 Å². The van der Waals surface area contributed by atoms with Gasteiger partial charge in [-0.1, -0.05) is 36.9 Å². The number of carbonyl (C=O) groups excluding carboxylic acids is 1. The van der Waals surface area contributed by atoms with Crippen molar-refractivity contribution in [2.24, 2.45) is 5.73 Å².